The number of esters is 1. The summed E-state index contributed by atoms with van der Waals surface area (Å²) >= 11 is 1.27. The standard InChI is InChI=1S/C25H35NO5S/c1-25(2,3)13-12-18-15-19(22(32-18)24(29)30-4)26-20(17-9-6-5-7-10-17)16-31-21(23(26)28)11-8-14-27/h15,17,20-21,27H,5-11,14,16H2,1-4H3. The fraction of sp³-hybridized carbons (Fsp3) is 0.680. The Morgan fingerprint density at radius 3 is 2.66 bits per heavy atom. The quantitative estimate of drug-likeness (QED) is 0.502. The summed E-state index contributed by atoms with van der Waals surface area (Å²) in [5.41, 5.74) is 0.405. The van der Waals surface area contributed by atoms with E-state index < -0.39 is 12.1 Å². The van der Waals surface area contributed by atoms with Crippen molar-refractivity contribution in [2.45, 2.75) is 77.9 Å². The lowest BCUT2D eigenvalue weighted by Gasteiger charge is -2.44. The van der Waals surface area contributed by atoms with E-state index in [-0.39, 0.29) is 24.0 Å². The molecule has 2 fully saturated rings. The Bertz CT molecular complexity index is 869. The number of carbonyl (C=O) groups excluding carboxylic acids is 2. The molecule has 2 unspecified atom stereocenters. The first-order valence-corrected chi connectivity index (χ1v) is 12.4. The molecule has 1 amide bonds. The zero-order chi connectivity index (χ0) is 23.3. The summed E-state index contributed by atoms with van der Waals surface area (Å²) in [5.74, 6) is 6.13. The Kier molecular flexibility index (Phi) is 8.37. The van der Waals surface area contributed by atoms with Crippen molar-refractivity contribution >= 4 is 28.9 Å². The molecule has 7 heteroatoms. The van der Waals surface area contributed by atoms with Crippen LogP contribution in [0.1, 0.15) is 80.3 Å². The van der Waals surface area contributed by atoms with Crippen molar-refractivity contribution in [3.63, 3.8) is 0 Å². The van der Waals surface area contributed by atoms with Crippen molar-refractivity contribution < 1.29 is 24.2 Å². The van der Waals surface area contributed by atoms with Gasteiger partial charge in [-0.1, -0.05) is 31.1 Å². The van der Waals surface area contributed by atoms with Crippen LogP contribution in [0.3, 0.4) is 0 Å². The molecule has 1 saturated carbocycles. The number of amides is 1. The zero-order valence-corrected chi connectivity index (χ0v) is 20.4. The van der Waals surface area contributed by atoms with E-state index in [1.807, 2.05) is 26.8 Å². The molecular weight excluding hydrogens is 426 g/mol. The van der Waals surface area contributed by atoms with E-state index in [0.29, 0.717) is 35.9 Å². The molecule has 1 N–H and O–H groups in total. The molecule has 1 aliphatic heterocycles. The molecule has 1 aromatic rings. The van der Waals surface area contributed by atoms with Gasteiger partial charge in [0.2, 0.25) is 0 Å². The normalized spacial score (nSPS) is 22.4. The second-order valence-corrected chi connectivity index (χ2v) is 10.7. The summed E-state index contributed by atoms with van der Waals surface area (Å²) in [7, 11) is 1.36. The third kappa shape index (κ3) is 5.92. The number of carbonyl (C=O) groups is 2. The number of morpholine rings is 1. The molecule has 1 aliphatic carbocycles. The van der Waals surface area contributed by atoms with Crippen molar-refractivity contribution in [2.75, 3.05) is 25.2 Å². The molecule has 1 aromatic heterocycles. The summed E-state index contributed by atoms with van der Waals surface area (Å²) in [6.07, 6.45) is 5.94. The van der Waals surface area contributed by atoms with Crippen LogP contribution in [-0.2, 0) is 14.3 Å². The number of aliphatic hydroxyl groups excluding tert-OH is 1. The molecular formula is C25H35NO5S. The summed E-state index contributed by atoms with van der Waals surface area (Å²) in [6, 6.07) is 1.74. The minimum absolute atomic E-state index is 0.0115. The molecule has 2 atom stereocenters. The number of nitrogens with zero attached hydrogens (tertiary/aromatic N) is 1. The molecule has 0 aromatic carbocycles. The van der Waals surface area contributed by atoms with Gasteiger partial charge in [-0.05, 0) is 58.4 Å². The van der Waals surface area contributed by atoms with Crippen LogP contribution in [0.5, 0.6) is 0 Å². The number of rotatable bonds is 6. The van der Waals surface area contributed by atoms with Gasteiger partial charge in [0.25, 0.3) is 5.91 Å². The SMILES string of the molecule is COC(=O)c1sc(C#CC(C)(C)C)cc1N1C(=O)C(CCCO)OCC1C1CCCCC1. The van der Waals surface area contributed by atoms with Gasteiger partial charge in [-0.15, -0.1) is 11.3 Å². The number of thiophene rings is 1. The van der Waals surface area contributed by atoms with E-state index in [0.717, 1.165) is 30.6 Å². The Morgan fingerprint density at radius 1 is 1.31 bits per heavy atom. The van der Waals surface area contributed by atoms with Crippen LogP contribution in [0, 0.1) is 23.2 Å². The van der Waals surface area contributed by atoms with Crippen LogP contribution in [0.15, 0.2) is 6.07 Å². The van der Waals surface area contributed by atoms with Crippen molar-refractivity contribution in [1.82, 2.24) is 0 Å². The van der Waals surface area contributed by atoms with Crippen LogP contribution >= 0.6 is 11.3 Å². The monoisotopic (exact) mass is 461 g/mol. The van der Waals surface area contributed by atoms with Gasteiger partial charge >= 0.3 is 5.97 Å². The Labute approximate surface area is 195 Å². The number of hydrogen-bond acceptors (Lipinski definition) is 6. The summed E-state index contributed by atoms with van der Waals surface area (Å²) < 4.78 is 11.0. The maximum Gasteiger partial charge on any atom is 0.350 e. The van der Waals surface area contributed by atoms with Gasteiger partial charge in [0, 0.05) is 12.0 Å². The van der Waals surface area contributed by atoms with Crippen LogP contribution in [-0.4, -0.2) is 49.5 Å². The van der Waals surface area contributed by atoms with E-state index in [4.69, 9.17) is 9.47 Å². The molecule has 0 radical (unpaired) electrons. The lowest BCUT2D eigenvalue weighted by atomic mass is 9.82. The Balaban J connectivity index is 2.04. The third-order valence-corrected chi connectivity index (χ3v) is 7.05. The average Bonchev–Trinajstić information content (AvgIpc) is 3.20. The zero-order valence-electron chi connectivity index (χ0n) is 19.6. The first-order valence-electron chi connectivity index (χ1n) is 11.6. The molecule has 2 aliphatic rings. The highest BCUT2D eigenvalue weighted by Gasteiger charge is 2.42. The van der Waals surface area contributed by atoms with E-state index in [9.17, 15) is 14.7 Å². The molecule has 2 heterocycles. The van der Waals surface area contributed by atoms with Crippen LogP contribution in [0.4, 0.5) is 5.69 Å². The van der Waals surface area contributed by atoms with Gasteiger partial charge in [-0.2, -0.15) is 0 Å². The molecule has 1 saturated heterocycles. The minimum atomic E-state index is -0.614. The van der Waals surface area contributed by atoms with Gasteiger partial charge in [-0.3, -0.25) is 4.79 Å². The molecule has 6 nitrogen and oxygen atoms in total. The minimum Gasteiger partial charge on any atom is -0.465 e. The summed E-state index contributed by atoms with van der Waals surface area (Å²) in [6.45, 7) is 6.55. The van der Waals surface area contributed by atoms with E-state index in [2.05, 4.69) is 11.8 Å². The van der Waals surface area contributed by atoms with E-state index in [1.54, 1.807) is 4.90 Å². The van der Waals surface area contributed by atoms with Crippen molar-refractivity contribution in [2.24, 2.45) is 11.3 Å². The van der Waals surface area contributed by atoms with Gasteiger partial charge in [-0.25, -0.2) is 4.79 Å². The Morgan fingerprint density at radius 2 is 2.03 bits per heavy atom. The van der Waals surface area contributed by atoms with Crippen LogP contribution in [0.2, 0.25) is 0 Å². The maximum absolute atomic E-state index is 13.6. The van der Waals surface area contributed by atoms with E-state index in [1.165, 1.54) is 24.9 Å². The lowest BCUT2D eigenvalue weighted by Crippen LogP contribution is -2.57. The topological polar surface area (TPSA) is 76.1 Å². The maximum atomic E-state index is 13.6. The molecule has 32 heavy (non-hydrogen) atoms. The van der Waals surface area contributed by atoms with Crippen LogP contribution < -0.4 is 4.90 Å². The summed E-state index contributed by atoms with van der Waals surface area (Å²) in [5, 5.41) is 9.24. The van der Waals surface area contributed by atoms with Crippen LogP contribution in [0.25, 0.3) is 0 Å². The fourth-order valence-electron chi connectivity index (χ4n) is 4.44. The van der Waals surface area contributed by atoms with E-state index >= 15 is 0 Å². The van der Waals surface area contributed by atoms with Gasteiger partial charge in [0.05, 0.1) is 30.3 Å². The molecule has 0 spiro atoms. The van der Waals surface area contributed by atoms with Crippen molar-refractivity contribution in [3.05, 3.63) is 15.8 Å². The number of hydrogen-bond donors (Lipinski definition) is 1. The predicted octanol–water partition coefficient (Wildman–Crippen LogP) is 4.39. The molecule has 176 valence electrons. The van der Waals surface area contributed by atoms with Crippen molar-refractivity contribution in [1.29, 1.82) is 0 Å². The third-order valence-electron chi connectivity index (χ3n) is 6.03. The molecule has 0 bridgehead atoms. The molecule has 3 rings (SSSR count). The Hall–Kier alpha value is -1.88. The first-order chi connectivity index (χ1) is 15.2. The van der Waals surface area contributed by atoms with Gasteiger partial charge < -0.3 is 19.5 Å². The first kappa shape index (κ1) is 24.8. The predicted molar refractivity (Wildman–Crippen MR) is 126 cm³/mol. The highest BCUT2D eigenvalue weighted by atomic mass is 32.1. The second-order valence-electron chi connectivity index (χ2n) is 9.68. The largest absolute Gasteiger partial charge is 0.465 e. The smallest absolute Gasteiger partial charge is 0.350 e. The lowest BCUT2D eigenvalue weighted by molar-refractivity contribution is -0.138. The fourth-order valence-corrected chi connectivity index (χ4v) is 5.36. The average molecular weight is 462 g/mol. The second kappa shape index (κ2) is 10.8. The number of ether oxygens (including phenoxy) is 2. The number of aliphatic hydroxyl groups is 1. The number of methoxy groups -OCH3 is 1. The summed E-state index contributed by atoms with van der Waals surface area (Å²) in [4.78, 5) is 29.2. The van der Waals surface area contributed by atoms with Gasteiger partial charge in [0.1, 0.15) is 11.0 Å². The van der Waals surface area contributed by atoms with Crippen molar-refractivity contribution in [3.8, 4) is 11.8 Å². The number of anilines is 1. The highest BCUT2D eigenvalue weighted by molar-refractivity contribution is 7.15. The highest BCUT2D eigenvalue weighted by Crippen LogP contribution is 2.39. The van der Waals surface area contributed by atoms with Gasteiger partial charge in [0.15, 0.2) is 0 Å².